The molecule has 0 N–H and O–H groups in total. The molecule has 0 unspecified atom stereocenters. The fourth-order valence-electron chi connectivity index (χ4n) is 4.88. The second-order valence-electron chi connectivity index (χ2n) is 7.94. The van der Waals surface area contributed by atoms with Crippen molar-refractivity contribution in [3.8, 4) is 0 Å². The first-order valence-corrected chi connectivity index (χ1v) is 10.2. The summed E-state index contributed by atoms with van der Waals surface area (Å²) in [6, 6.07) is 6.72. The standard InChI is InChI=1S/C21H28FN3O2/c22-16-5-3-6-17(15-16)23-11-13-24(14-12-23)21(27)18-7-1-2-8-19(18)25-10-4-9-20(25)26/h3,5-6,15,18-19H,1-2,4,7-14H2/t18-,19+/m1/s1. The van der Waals surface area contributed by atoms with E-state index < -0.39 is 0 Å². The molecule has 1 aromatic carbocycles. The third-order valence-corrected chi connectivity index (χ3v) is 6.32. The number of amides is 2. The summed E-state index contributed by atoms with van der Waals surface area (Å²) in [6.45, 7) is 3.56. The molecular formula is C21H28FN3O2. The SMILES string of the molecule is O=C([C@@H]1CCCC[C@@H]1N1CCCC1=O)N1CCN(c2cccc(F)c2)CC1. The van der Waals surface area contributed by atoms with Gasteiger partial charge in [-0.2, -0.15) is 0 Å². The minimum atomic E-state index is -0.230. The zero-order valence-electron chi connectivity index (χ0n) is 15.8. The van der Waals surface area contributed by atoms with Crippen LogP contribution < -0.4 is 4.90 Å². The molecule has 5 nitrogen and oxygen atoms in total. The Hall–Kier alpha value is -2.11. The lowest BCUT2D eigenvalue weighted by molar-refractivity contribution is -0.142. The van der Waals surface area contributed by atoms with Crippen LogP contribution >= 0.6 is 0 Å². The van der Waals surface area contributed by atoms with Crippen LogP contribution in [0, 0.1) is 11.7 Å². The minimum absolute atomic E-state index is 0.0541. The van der Waals surface area contributed by atoms with E-state index in [1.54, 1.807) is 12.1 Å². The first kappa shape index (κ1) is 18.3. The number of benzene rings is 1. The van der Waals surface area contributed by atoms with Crippen molar-refractivity contribution in [1.29, 1.82) is 0 Å². The van der Waals surface area contributed by atoms with Gasteiger partial charge in [-0.05, 0) is 37.5 Å². The second-order valence-corrected chi connectivity index (χ2v) is 7.94. The van der Waals surface area contributed by atoms with Gasteiger partial charge in [0.05, 0.1) is 5.92 Å². The van der Waals surface area contributed by atoms with Crippen LogP contribution in [0.25, 0.3) is 0 Å². The molecule has 1 aliphatic carbocycles. The summed E-state index contributed by atoms with van der Waals surface area (Å²) in [5.74, 6) is 0.141. The number of hydrogen-bond acceptors (Lipinski definition) is 3. The van der Waals surface area contributed by atoms with E-state index in [0.717, 1.165) is 57.4 Å². The van der Waals surface area contributed by atoms with Crippen molar-refractivity contribution in [3.05, 3.63) is 30.1 Å². The zero-order valence-corrected chi connectivity index (χ0v) is 15.8. The Labute approximate surface area is 160 Å². The summed E-state index contributed by atoms with van der Waals surface area (Å²) in [6.07, 6.45) is 5.55. The van der Waals surface area contributed by atoms with E-state index in [2.05, 4.69) is 4.90 Å². The van der Waals surface area contributed by atoms with E-state index in [-0.39, 0.29) is 29.6 Å². The van der Waals surface area contributed by atoms with Gasteiger partial charge in [0.1, 0.15) is 5.82 Å². The maximum atomic E-state index is 13.5. The summed E-state index contributed by atoms with van der Waals surface area (Å²) in [7, 11) is 0. The van der Waals surface area contributed by atoms with Gasteiger partial charge in [0, 0.05) is 50.9 Å². The van der Waals surface area contributed by atoms with Crippen LogP contribution in [0.4, 0.5) is 10.1 Å². The smallest absolute Gasteiger partial charge is 0.227 e. The van der Waals surface area contributed by atoms with Gasteiger partial charge in [-0.1, -0.05) is 18.9 Å². The van der Waals surface area contributed by atoms with Gasteiger partial charge in [0.15, 0.2) is 0 Å². The molecule has 2 saturated heterocycles. The monoisotopic (exact) mass is 373 g/mol. The van der Waals surface area contributed by atoms with Gasteiger partial charge in [0.25, 0.3) is 0 Å². The summed E-state index contributed by atoms with van der Waals surface area (Å²) in [5, 5.41) is 0. The fourth-order valence-corrected chi connectivity index (χ4v) is 4.88. The van der Waals surface area contributed by atoms with Crippen LogP contribution in [-0.2, 0) is 9.59 Å². The fraction of sp³-hybridized carbons (Fsp3) is 0.619. The molecule has 1 saturated carbocycles. The molecule has 2 amide bonds. The van der Waals surface area contributed by atoms with Crippen molar-refractivity contribution < 1.29 is 14.0 Å². The molecule has 2 atom stereocenters. The lowest BCUT2D eigenvalue weighted by atomic mass is 9.82. The maximum Gasteiger partial charge on any atom is 0.227 e. The Morgan fingerprint density at radius 2 is 1.78 bits per heavy atom. The highest BCUT2D eigenvalue weighted by Gasteiger charge is 2.40. The summed E-state index contributed by atoms with van der Waals surface area (Å²) >= 11 is 0. The number of piperazine rings is 1. The van der Waals surface area contributed by atoms with E-state index >= 15 is 0 Å². The van der Waals surface area contributed by atoms with Crippen molar-refractivity contribution in [2.24, 2.45) is 5.92 Å². The Kier molecular flexibility index (Phi) is 5.32. The molecule has 3 aliphatic rings. The zero-order chi connectivity index (χ0) is 18.8. The number of carbonyl (C=O) groups is 2. The average Bonchev–Trinajstić information content (AvgIpc) is 3.13. The third-order valence-electron chi connectivity index (χ3n) is 6.32. The highest BCUT2D eigenvalue weighted by Crippen LogP contribution is 2.33. The molecule has 0 bridgehead atoms. The Balaban J connectivity index is 1.40. The Morgan fingerprint density at radius 3 is 2.48 bits per heavy atom. The van der Waals surface area contributed by atoms with Crippen LogP contribution in [0.2, 0.25) is 0 Å². The van der Waals surface area contributed by atoms with E-state index in [1.165, 1.54) is 6.07 Å². The number of hydrogen-bond donors (Lipinski definition) is 0. The lowest BCUT2D eigenvalue weighted by Crippen LogP contribution is -2.54. The summed E-state index contributed by atoms with van der Waals surface area (Å²) < 4.78 is 13.5. The summed E-state index contributed by atoms with van der Waals surface area (Å²) in [5.41, 5.74) is 0.875. The molecule has 0 radical (unpaired) electrons. The number of halogens is 1. The molecule has 2 heterocycles. The lowest BCUT2D eigenvalue weighted by Gasteiger charge is -2.42. The Morgan fingerprint density at radius 1 is 1.00 bits per heavy atom. The molecule has 1 aromatic rings. The third kappa shape index (κ3) is 3.80. The predicted octanol–water partition coefficient (Wildman–Crippen LogP) is 2.66. The topological polar surface area (TPSA) is 43.9 Å². The van der Waals surface area contributed by atoms with Crippen molar-refractivity contribution in [2.45, 2.75) is 44.6 Å². The second kappa shape index (κ2) is 7.87. The maximum absolute atomic E-state index is 13.5. The molecule has 27 heavy (non-hydrogen) atoms. The molecule has 0 aromatic heterocycles. The predicted molar refractivity (Wildman–Crippen MR) is 102 cm³/mol. The Bertz CT molecular complexity index is 702. The van der Waals surface area contributed by atoms with Crippen molar-refractivity contribution in [1.82, 2.24) is 9.80 Å². The number of likely N-dealkylation sites (tertiary alicyclic amines) is 1. The molecule has 6 heteroatoms. The van der Waals surface area contributed by atoms with Gasteiger partial charge in [0.2, 0.25) is 11.8 Å². The molecule has 0 spiro atoms. The van der Waals surface area contributed by atoms with E-state index in [9.17, 15) is 14.0 Å². The number of rotatable bonds is 3. The average molecular weight is 373 g/mol. The van der Waals surface area contributed by atoms with E-state index in [4.69, 9.17) is 0 Å². The van der Waals surface area contributed by atoms with Gasteiger partial charge in [-0.15, -0.1) is 0 Å². The van der Waals surface area contributed by atoms with Crippen LogP contribution in [0.3, 0.4) is 0 Å². The highest BCUT2D eigenvalue weighted by molar-refractivity contribution is 5.83. The molecule has 3 fully saturated rings. The number of anilines is 1. The minimum Gasteiger partial charge on any atom is -0.368 e. The van der Waals surface area contributed by atoms with Gasteiger partial charge < -0.3 is 14.7 Å². The van der Waals surface area contributed by atoms with Crippen LogP contribution in [0.15, 0.2) is 24.3 Å². The molecule has 2 aliphatic heterocycles. The van der Waals surface area contributed by atoms with Gasteiger partial charge >= 0.3 is 0 Å². The number of nitrogens with zero attached hydrogens (tertiary/aromatic N) is 3. The normalized spacial score (nSPS) is 26.6. The van der Waals surface area contributed by atoms with Crippen LogP contribution in [0.1, 0.15) is 38.5 Å². The quantitative estimate of drug-likeness (QED) is 0.818. The highest BCUT2D eigenvalue weighted by atomic mass is 19.1. The molecular weight excluding hydrogens is 345 g/mol. The first-order chi connectivity index (χ1) is 13.1. The van der Waals surface area contributed by atoms with Crippen LogP contribution in [0.5, 0.6) is 0 Å². The molecule has 4 rings (SSSR count). The number of carbonyl (C=O) groups excluding carboxylic acids is 2. The van der Waals surface area contributed by atoms with Crippen molar-refractivity contribution in [3.63, 3.8) is 0 Å². The summed E-state index contributed by atoms with van der Waals surface area (Å²) in [4.78, 5) is 31.5. The van der Waals surface area contributed by atoms with Gasteiger partial charge in [-0.25, -0.2) is 4.39 Å². The van der Waals surface area contributed by atoms with Crippen molar-refractivity contribution in [2.75, 3.05) is 37.6 Å². The van der Waals surface area contributed by atoms with Gasteiger partial charge in [-0.3, -0.25) is 9.59 Å². The largest absolute Gasteiger partial charge is 0.368 e. The first-order valence-electron chi connectivity index (χ1n) is 10.2. The van der Waals surface area contributed by atoms with Crippen molar-refractivity contribution >= 4 is 17.5 Å². The molecule has 146 valence electrons. The van der Waals surface area contributed by atoms with E-state index in [1.807, 2.05) is 15.9 Å². The van der Waals surface area contributed by atoms with E-state index in [0.29, 0.717) is 19.5 Å². The van der Waals surface area contributed by atoms with Crippen LogP contribution in [-0.4, -0.2) is 60.4 Å².